The summed E-state index contributed by atoms with van der Waals surface area (Å²) in [7, 11) is 0. The smallest absolute Gasteiger partial charge is 0.216 e. The third kappa shape index (κ3) is 3.41. The van der Waals surface area contributed by atoms with Gasteiger partial charge in [0.15, 0.2) is 0 Å². The topological polar surface area (TPSA) is 98.2 Å². The highest BCUT2D eigenvalue weighted by atomic mass is 32.1. The van der Waals surface area contributed by atoms with Crippen molar-refractivity contribution in [3.05, 3.63) is 42.5 Å². The summed E-state index contributed by atoms with van der Waals surface area (Å²) in [5.41, 5.74) is 8.92. The molecule has 3 heterocycles. The summed E-state index contributed by atoms with van der Waals surface area (Å²) < 4.78 is 3.24. The zero-order chi connectivity index (χ0) is 20.7. The number of rotatable bonds is 4. The van der Waals surface area contributed by atoms with E-state index in [2.05, 4.69) is 20.8 Å². The van der Waals surface area contributed by atoms with Crippen LogP contribution in [0.5, 0.6) is 0 Å². The molecule has 1 aromatic carbocycles. The van der Waals surface area contributed by atoms with Gasteiger partial charge in [-0.1, -0.05) is 12.1 Å². The van der Waals surface area contributed by atoms with Crippen LogP contribution in [0.2, 0.25) is 0 Å². The lowest BCUT2D eigenvalue weighted by Crippen LogP contribution is -2.29. The fraction of sp³-hybridized carbons (Fsp3) is 0.364. The predicted octanol–water partition coefficient (Wildman–Crippen LogP) is 4.00. The van der Waals surface area contributed by atoms with Crippen LogP contribution in [-0.2, 0) is 4.79 Å². The molecule has 1 saturated carbocycles. The van der Waals surface area contributed by atoms with E-state index in [-0.39, 0.29) is 5.91 Å². The number of nitrogens with two attached hydrogens (primary N) is 1. The van der Waals surface area contributed by atoms with Crippen LogP contribution in [0.4, 0.5) is 5.82 Å². The van der Waals surface area contributed by atoms with E-state index in [0.29, 0.717) is 17.7 Å². The van der Waals surface area contributed by atoms with E-state index >= 15 is 0 Å². The van der Waals surface area contributed by atoms with Crippen molar-refractivity contribution >= 4 is 38.8 Å². The summed E-state index contributed by atoms with van der Waals surface area (Å²) >= 11 is 1.63. The zero-order valence-electron chi connectivity index (χ0n) is 16.8. The van der Waals surface area contributed by atoms with Crippen molar-refractivity contribution in [1.82, 2.24) is 24.7 Å². The van der Waals surface area contributed by atoms with Gasteiger partial charge in [-0.2, -0.15) is 0 Å². The third-order valence-electron chi connectivity index (χ3n) is 5.96. The third-order valence-corrected chi connectivity index (χ3v) is 7.00. The molecule has 5 rings (SSSR count). The maximum absolute atomic E-state index is 11.2. The molecule has 7 nitrogen and oxygen atoms in total. The molecular weight excluding hydrogens is 396 g/mol. The Hall–Kier alpha value is -3.00. The lowest BCUT2D eigenvalue weighted by molar-refractivity contribution is -0.119. The molecule has 3 N–H and O–H groups in total. The van der Waals surface area contributed by atoms with Crippen molar-refractivity contribution < 1.29 is 4.79 Å². The van der Waals surface area contributed by atoms with E-state index in [9.17, 15) is 4.79 Å². The number of benzene rings is 1. The first-order chi connectivity index (χ1) is 14.6. The van der Waals surface area contributed by atoms with E-state index in [1.165, 1.54) is 0 Å². The van der Waals surface area contributed by atoms with Gasteiger partial charge < -0.3 is 11.1 Å². The van der Waals surface area contributed by atoms with Crippen LogP contribution in [0.3, 0.4) is 0 Å². The number of hydrogen-bond donors (Lipinski definition) is 2. The summed E-state index contributed by atoms with van der Waals surface area (Å²) in [6, 6.07) is 8.12. The molecule has 1 aliphatic rings. The molecule has 4 aromatic rings. The molecule has 0 spiro atoms. The van der Waals surface area contributed by atoms with E-state index in [1.807, 2.05) is 24.4 Å². The number of carbonyl (C=O) groups is 1. The summed E-state index contributed by atoms with van der Waals surface area (Å²) in [6.07, 6.45) is 7.94. The second-order valence-corrected chi connectivity index (χ2v) is 9.02. The number of carbonyl (C=O) groups excluding carboxylic acids is 1. The van der Waals surface area contributed by atoms with Gasteiger partial charge >= 0.3 is 0 Å². The van der Waals surface area contributed by atoms with Crippen molar-refractivity contribution in [1.29, 1.82) is 0 Å². The van der Waals surface area contributed by atoms with Gasteiger partial charge in [0, 0.05) is 31.8 Å². The number of nitrogens with zero attached hydrogens (tertiary/aromatic N) is 4. The van der Waals surface area contributed by atoms with E-state index in [4.69, 9.17) is 15.7 Å². The van der Waals surface area contributed by atoms with Crippen molar-refractivity contribution in [2.45, 2.75) is 38.5 Å². The second-order valence-electron chi connectivity index (χ2n) is 7.99. The predicted molar refractivity (Wildman–Crippen MR) is 119 cm³/mol. The standard InChI is InChI=1S/C22H24N6OS/c1-13(29)25-12-14-6-8-15(9-7-14)21-27-18(19-20(23)24-10-11-28(19)21)22-26-16-4-2-3-5-17(16)30-22/h2-5,10-11,14-15H,6-9,12H2,1H3,(H2,23,24)(H,25,29). The monoisotopic (exact) mass is 420 g/mol. The van der Waals surface area contributed by atoms with Gasteiger partial charge in [-0.15, -0.1) is 11.3 Å². The quantitative estimate of drug-likeness (QED) is 0.520. The molecule has 0 bridgehead atoms. The molecule has 0 aliphatic heterocycles. The molecule has 30 heavy (non-hydrogen) atoms. The number of nitrogen functional groups attached to an aromatic ring is 1. The summed E-state index contributed by atoms with van der Waals surface area (Å²) in [6.45, 7) is 2.34. The number of aromatic nitrogens is 4. The number of fused-ring (bicyclic) bond motifs is 2. The molecule has 0 radical (unpaired) electrons. The SMILES string of the molecule is CC(=O)NCC1CCC(c2nc(-c3nc4ccccc4s3)c3c(N)nccn23)CC1. The van der Waals surface area contributed by atoms with Gasteiger partial charge in [-0.25, -0.2) is 15.0 Å². The first-order valence-corrected chi connectivity index (χ1v) is 11.1. The molecule has 0 unspecified atom stereocenters. The highest BCUT2D eigenvalue weighted by Crippen LogP contribution is 2.39. The number of para-hydroxylation sites is 1. The maximum Gasteiger partial charge on any atom is 0.216 e. The molecule has 154 valence electrons. The Balaban J connectivity index is 1.50. The van der Waals surface area contributed by atoms with Gasteiger partial charge in [-0.05, 0) is 43.7 Å². The average Bonchev–Trinajstić information content (AvgIpc) is 3.35. The Kier molecular flexibility index (Phi) is 4.86. The molecule has 3 aromatic heterocycles. The van der Waals surface area contributed by atoms with Crippen molar-refractivity contribution in [2.75, 3.05) is 12.3 Å². The van der Waals surface area contributed by atoms with Gasteiger partial charge in [-0.3, -0.25) is 9.20 Å². The fourth-order valence-electron chi connectivity index (χ4n) is 4.41. The van der Waals surface area contributed by atoms with Gasteiger partial charge in [0.25, 0.3) is 0 Å². The normalized spacial score (nSPS) is 19.4. The number of thiazole rings is 1. The minimum Gasteiger partial charge on any atom is -0.382 e. The first kappa shape index (κ1) is 19.0. The molecule has 1 fully saturated rings. The molecular formula is C22H24N6OS. The molecule has 1 amide bonds. The van der Waals surface area contributed by atoms with Crippen molar-refractivity contribution in [3.63, 3.8) is 0 Å². The van der Waals surface area contributed by atoms with Gasteiger partial charge in [0.1, 0.15) is 27.9 Å². The first-order valence-electron chi connectivity index (χ1n) is 10.3. The molecule has 0 saturated heterocycles. The Morgan fingerprint density at radius 3 is 2.80 bits per heavy atom. The lowest BCUT2D eigenvalue weighted by Gasteiger charge is -2.27. The minimum absolute atomic E-state index is 0.0415. The lowest BCUT2D eigenvalue weighted by atomic mass is 9.81. The van der Waals surface area contributed by atoms with E-state index < -0.39 is 0 Å². The molecule has 1 aliphatic carbocycles. The maximum atomic E-state index is 11.2. The number of imidazole rings is 1. The average molecular weight is 421 g/mol. The van der Waals surface area contributed by atoms with Crippen LogP contribution in [0.25, 0.3) is 26.4 Å². The molecule has 8 heteroatoms. The summed E-state index contributed by atoms with van der Waals surface area (Å²) in [5.74, 6) is 2.44. The van der Waals surface area contributed by atoms with E-state index in [0.717, 1.165) is 64.5 Å². The van der Waals surface area contributed by atoms with Crippen molar-refractivity contribution in [2.24, 2.45) is 5.92 Å². The Labute approximate surface area is 178 Å². The largest absolute Gasteiger partial charge is 0.382 e. The zero-order valence-corrected chi connectivity index (χ0v) is 17.7. The number of anilines is 1. The minimum atomic E-state index is 0.0415. The summed E-state index contributed by atoms with van der Waals surface area (Å²) in [5, 5.41) is 3.83. The van der Waals surface area contributed by atoms with Crippen LogP contribution >= 0.6 is 11.3 Å². The Morgan fingerprint density at radius 1 is 1.23 bits per heavy atom. The van der Waals surface area contributed by atoms with Crippen molar-refractivity contribution in [3.8, 4) is 10.7 Å². The van der Waals surface area contributed by atoms with Crippen LogP contribution in [0, 0.1) is 5.92 Å². The molecule has 0 atom stereocenters. The van der Waals surface area contributed by atoms with E-state index in [1.54, 1.807) is 24.5 Å². The highest BCUT2D eigenvalue weighted by molar-refractivity contribution is 7.21. The number of amides is 1. The van der Waals surface area contributed by atoms with Crippen LogP contribution in [0.1, 0.15) is 44.3 Å². The number of hydrogen-bond acceptors (Lipinski definition) is 6. The Morgan fingerprint density at radius 2 is 2.03 bits per heavy atom. The van der Waals surface area contributed by atoms with Gasteiger partial charge in [0.2, 0.25) is 5.91 Å². The summed E-state index contributed by atoms with van der Waals surface area (Å²) in [4.78, 5) is 25.4. The highest BCUT2D eigenvalue weighted by Gasteiger charge is 2.28. The van der Waals surface area contributed by atoms with Crippen LogP contribution in [-0.4, -0.2) is 31.8 Å². The second kappa shape index (κ2) is 7.68. The fourth-order valence-corrected chi connectivity index (χ4v) is 5.37. The van der Waals surface area contributed by atoms with Gasteiger partial charge in [0.05, 0.1) is 10.2 Å². The van der Waals surface area contributed by atoms with Crippen LogP contribution < -0.4 is 11.1 Å². The Bertz CT molecular complexity index is 1190. The van der Waals surface area contributed by atoms with Crippen LogP contribution in [0.15, 0.2) is 36.7 Å². The number of nitrogens with one attached hydrogen (secondary N) is 1.